The Morgan fingerprint density at radius 2 is 2.04 bits per heavy atom. The van der Waals surface area contributed by atoms with Gasteiger partial charge in [0.2, 0.25) is 0 Å². The SMILES string of the molecule is O=C(Nc1cnn(COc2cccc(Cl)c2)c1)c1ccn(Cn2cccn2)n1. The van der Waals surface area contributed by atoms with Crippen LogP contribution in [0.4, 0.5) is 5.69 Å². The zero-order chi connectivity index (χ0) is 19.3. The molecule has 0 spiro atoms. The molecule has 10 heteroatoms. The van der Waals surface area contributed by atoms with Crippen LogP contribution in [0, 0.1) is 0 Å². The van der Waals surface area contributed by atoms with Gasteiger partial charge < -0.3 is 10.1 Å². The third kappa shape index (κ3) is 4.38. The number of ether oxygens (including phenoxy) is 1. The number of benzene rings is 1. The molecule has 0 saturated heterocycles. The summed E-state index contributed by atoms with van der Waals surface area (Å²) in [5.41, 5.74) is 0.844. The number of hydrogen-bond donors (Lipinski definition) is 1. The summed E-state index contributed by atoms with van der Waals surface area (Å²) in [6, 6.07) is 10.6. The molecule has 142 valence electrons. The highest BCUT2D eigenvalue weighted by atomic mass is 35.5. The van der Waals surface area contributed by atoms with E-state index in [1.54, 1.807) is 69.2 Å². The summed E-state index contributed by atoms with van der Waals surface area (Å²) in [4.78, 5) is 12.4. The lowest BCUT2D eigenvalue weighted by Crippen LogP contribution is -2.14. The Morgan fingerprint density at radius 3 is 2.86 bits per heavy atom. The maximum atomic E-state index is 12.4. The first kappa shape index (κ1) is 17.8. The number of amides is 1. The van der Waals surface area contributed by atoms with Crippen LogP contribution >= 0.6 is 11.6 Å². The molecule has 9 nitrogen and oxygen atoms in total. The van der Waals surface area contributed by atoms with E-state index in [1.165, 1.54) is 0 Å². The van der Waals surface area contributed by atoms with Crippen LogP contribution in [0.3, 0.4) is 0 Å². The van der Waals surface area contributed by atoms with Crippen molar-refractivity contribution in [3.05, 3.63) is 78.1 Å². The van der Waals surface area contributed by atoms with E-state index in [1.807, 2.05) is 12.3 Å². The predicted octanol–water partition coefficient (Wildman–Crippen LogP) is 2.72. The minimum atomic E-state index is -0.325. The van der Waals surface area contributed by atoms with Crippen LogP contribution in [-0.2, 0) is 13.4 Å². The standard InChI is InChI=1S/C18H16ClN7O2/c19-14-3-1-4-16(9-14)28-13-26-11-15(10-21-26)22-18(27)17-5-8-25(23-17)12-24-7-2-6-20-24/h1-11H,12-13H2,(H,22,27). The van der Waals surface area contributed by atoms with E-state index in [0.717, 1.165) is 0 Å². The largest absolute Gasteiger partial charge is 0.471 e. The average Bonchev–Trinajstić information content (AvgIpc) is 3.43. The van der Waals surface area contributed by atoms with Gasteiger partial charge in [-0.05, 0) is 30.3 Å². The number of carbonyl (C=O) groups is 1. The van der Waals surface area contributed by atoms with Gasteiger partial charge in [-0.2, -0.15) is 15.3 Å². The fourth-order valence-corrected chi connectivity index (χ4v) is 2.67. The first-order valence-corrected chi connectivity index (χ1v) is 8.76. The number of nitrogens with zero attached hydrogens (tertiary/aromatic N) is 6. The van der Waals surface area contributed by atoms with Gasteiger partial charge in [0.1, 0.15) is 12.4 Å². The first-order chi connectivity index (χ1) is 13.7. The average molecular weight is 398 g/mol. The summed E-state index contributed by atoms with van der Waals surface area (Å²) in [6.07, 6.45) is 8.44. The van der Waals surface area contributed by atoms with Crippen molar-refractivity contribution in [1.82, 2.24) is 29.3 Å². The Kier molecular flexibility index (Phi) is 5.07. The molecule has 1 aromatic carbocycles. The van der Waals surface area contributed by atoms with Gasteiger partial charge in [0.25, 0.3) is 5.91 Å². The van der Waals surface area contributed by atoms with E-state index in [-0.39, 0.29) is 12.6 Å². The second-order valence-electron chi connectivity index (χ2n) is 5.88. The van der Waals surface area contributed by atoms with E-state index in [0.29, 0.717) is 28.8 Å². The highest BCUT2D eigenvalue weighted by molar-refractivity contribution is 6.30. The molecule has 0 saturated carbocycles. The van der Waals surface area contributed by atoms with Crippen LogP contribution < -0.4 is 10.1 Å². The molecule has 4 rings (SSSR count). The first-order valence-electron chi connectivity index (χ1n) is 8.39. The van der Waals surface area contributed by atoms with Gasteiger partial charge in [-0.3, -0.25) is 14.2 Å². The van der Waals surface area contributed by atoms with Crippen LogP contribution in [0.1, 0.15) is 10.5 Å². The summed E-state index contributed by atoms with van der Waals surface area (Å²) in [5, 5.41) is 15.9. The number of halogens is 1. The van der Waals surface area contributed by atoms with Gasteiger partial charge >= 0.3 is 0 Å². The summed E-state index contributed by atoms with van der Waals surface area (Å²) in [6.45, 7) is 0.619. The highest BCUT2D eigenvalue weighted by Gasteiger charge is 2.11. The molecule has 0 aliphatic rings. The number of carbonyl (C=O) groups excluding carboxylic acids is 1. The zero-order valence-corrected chi connectivity index (χ0v) is 15.4. The second-order valence-corrected chi connectivity index (χ2v) is 6.32. The molecule has 0 atom stereocenters. The second kappa shape index (κ2) is 7.97. The number of nitrogens with one attached hydrogen (secondary N) is 1. The summed E-state index contributed by atoms with van der Waals surface area (Å²) < 4.78 is 10.5. The smallest absolute Gasteiger partial charge is 0.276 e. The lowest BCUT2D eigenvalue weighted by molar-refractivity contribution is 0.102. The molecule has 4 aromatic rings. The fraction of sp³-hybridized carbons (Fsp3) is 0.111. The highest BCUT2D eigenvalue weighted by Crippen LogP contribution is 2.17. The van der Waals surface area contributed by atoms with Crippen molar-refractivity contribution in [3.8, 4) is 5.75 Å². The zero-order valence-electron chi connectivity index (χ0n) is 14.6. The third-order valence-corrected chi connectivity index (χ3v) is 4.01. The molecule has 0 aliphatic carbocycles. The number of anilines is 1. The minimum absolute atomic E-state index is 0.189. The van der Waals surface area contributed by atoms with Crippen molar-refractivity contribution in [2.24, 2.45) is 0 Å². The van der Waals surface area contributed by atoms with Gasteiger partial charge in [0.05, 0.1) is 18.1 Å². The predicted molar refractivity (Wildman–Crippen MR) is 102 cm³/mol. The van der Waals surface area contributed by atoms with Crippen molar-refractivity contribution in [3.63, 3.8) is 0 Å². The Balaban J connectivity index is 1.33. The molecule has 1 amide bonds. The minimum Gasteiger partial charge on any atom is -0.471 e. The van der Waals surface area contributed by atoms with Gasteiger partial charge in [0.15, 0.2) is 12.4 Å². The van der Waals surface area contributed by atoms with Crippen LogP contribution in [0.15, 0.2) is 67.4 Å². The van der Waals surface area contributed by atoms with Gasteiger partial charge in [-0.25, -0.2) is 4.68 Å². The molecular formula is C18H16ClN7O2. The van der Waals surface area contributed by atoms with Gasteiger partial charge in [0, 0.05) is 23.6 Å². The maximum Gasteiger partial charge on any atom is 0.276 e. The van der Waals surface area contributed by atoms with Gasteiger partial charge in [-0.15, -0.1) is 0 Å². The summed E-state index contributed by atoms with van der Waals surface area (Å²) in [7, 11) is 0. The van der Waals surface area contributed by atoms with Crippen LogP contribution in [0.25, 0.3) is 0 Å². The Morgan fingerprint density at radius 1 is 1.11 bits per heavy atom. The lowest BCUT2D eigenvalue weighted by Gasteiger charge is -2.06. The number of aromatic nitrogens is 6. The van der Waals surface area contributed by atoms with Gasteiger partial charge in [-0.1, -0.05) is 17.7 Å². The molecule has 0 fully saturated rings. The van der Waals surface area contributed by atoms with Crippen molar-refractivity contribution in [2.45, 2.75) is 13.4 Å². The molecular weight excluding hydrogens is 382 g/mol. The number of hydrogen-bond acceptors (Lipinski definition) is 5. The monoisotopic (exact) mass is 397 g/mol. The summed E-state index contributed by atoms with van der Waals surface area (Å²) in [5.74, 6) is 0.311. The van der Waals surface area contributed by atoms with E-state index in [9.17, 15) is 4.79 Å². The fourth-order valence-electron chi connectivity index (χ4n) is 2.49. The van der Waals surface area contributed by atoms with Crippen molar-refractivity contribution in [2.75, 3.05) is 5.32 Å². The van der Waals surface area contributed by atoms with E-state index >= 15 is 0 Å². The number of rotatable bonds is 7. The van der Waals surface area contributed by atoms with Crippen molar-refractivity contribution in [1.29, 1.82) is 0 Å². The molecule has 0 bridgehead atoms. The molecule has 3 aromatic heterocycles. The van der Waals surface area contributed by atoms with Crippen LogP contribution in [0.5, 0.6) is 5.75 Å². The Bertz CT molecular complexity index is 1070. The molecule has 0 aliphatic heterocycles. The van der Waals surface area contributed by atoms with Crippen LogP contribution in [-0.4, -0.2) is 35.2 Å². The molecule has 1 N–H and O–H groups in total. The molecule has 3 heterocycles. The van der Waals surface area contributed by atoms with Crippen LogP contribution in [0.2, 0.25) is 5.02 Å². The Labute approximate surface area is 165 Å². The quantitative estimate of drug-likeness (QED) is 0.517. The Hall–Kier alpha value is -3.59. The van der Waals surface area contributed by atoms with Crippen molar-refractivity contribution < 1.29 is 9.53 Å². The van der Waals surface area contributed by atoms with E-state index in [4.69, 9.17) is 16.3 Å². The molecule has 0 unspecified atom stereocenters. The lowest BCUT2D eigenvalue weighted by atomic mass is 10.3. The topological polar surface area (TPSA) is 91.8 Å². The maximum absolute atomic E-state index is 12.4. The normalized spacial score (nSPS) is 10.8. The molecule has 28 heavy (non-hydrogen) atoms. The third-order valence-electron chi connectivity index (χ3n) is 3.77. The summed E-state index contributed by atoms with van der Waals surface area (Å²) >= 11 is 5.93. The van der Waals surface area contributed by atoms with Crippen molar-refractivity contribution >= 4 is 23.2 Å². The van der Waals surface area contributed by atoms with E-state index < -0.39 is 0 Å². The molecule has 0 radical (unpaired) electrons. The van der Waals surface area contributed by atoms with E-state index in [2.05, 4.69) is 20.6 Å².